The molecule has 0 aromatic heterocycles. The van der Waals surface area contributed by atoms with E-state index in [2.05, 4.69) is 13.8 Å². The van der Waals surface area contributed by atoms with Crippen LogP contribution in [0.2, 0.25) is 0 Å². The van der Waals surface area contributed by atoms with Gasteiger partial charge in [-0.15, -0.1) is 0 Å². The van der Waals surface area contributed by atoms with E-state index in [0.29, 0.717) is 11.8 Å². The molecule has 0 spiro atoms. The molecule has 1 aliphatic rings. The van der Waals surface area contributed by atoms with Gasteiger partial charge in [0.1, 0.15) is 0 Å². The van der Waals surface area contributed by atoms with Gasteiger partial charge in [-0.25, -0.2) is 0 Å². The summed E-state index contributed by atoms with van der Waals surface area (Å²) in [5, 5.41) is 0. The van der Waals surface area contributed by atoms with Crippen LogP contribution in [0.15, 0.2) is 30.3 Å². The molecule has 16 heavy (non-hydrogen) atoms. The number of hydrogen-bond acceptors (Lipinski definition) is 1. The van der Waals surface area contributed by atoms with E-state index < -0.39 is 0 Å². The van der Waals surface area contributed by atoms with Gasteiger partial charge in [0, 0.05) is 18.7 Å². The maximum Gasteiger partial charge on any atom is 0.253 e. The number of amides is 1. The highest BCUT2D eigenvalue weighted by Crippen LogP contribution is 2.24. The molecular weight excluding hydrogens is 198 g/mol. The fourth-order valence-corrected chi connectivity index (χ4v) is 2.28. The second kappa shape index (κ2) is 4.69. The van der Waals surface area contributed by atoms with E-state index in [1.54, 1.807) is 0 Å². The van der Waals surface area contributed by atoms with Crippen molar-refractivity contribution >= 4 is 5.91 Å². The lowest BCUT2D eigenvalue weighted by Gasteiger charge is -2.18. The number of nitrogens with zero attached hydrogens (tertiary/aromatic N) is 1. The van der Waals surface area contributed by atoms with Crippen molar-refractivity contribution in [2.24, 2.45) is 11.8 Å². The van der Waals surface area contributed by atoms with E-state index in [-0.39, 0.29) is 5.91 Å². The molecule has 0 bridgehead atoms. The van der Waals surface area contributed by atoms with Gasteiger partial charge in [0.2, 0.25) is 0 Å². The first-order valence-corrected chi connectivity index (χ1v) is 6.03. The van der Waals surface area contributed by atoms with Gasteiger partial charge in [-0.1, -0.05) is 32.0 Å². The van der Waals surface area contributed by atoms with Crippen LogP contribution >= 0.6 is 0 Å². The van der Waals surface area contributed by atoms with E-state index in [9.17, 15) is 4.79 Å². The van der Waals surface area contributed by atoms with Crippen molar-refractivity contribution in [1.82, 2.24) is 4.90 Å². The first kappa shape index (κ1) is 11.2. The summed E-state index contributed by atoms with van der Waals surface area (Å²) in [6, 6.07) is 9.57. The number of carbonyl (C=O) groups excluding carboxylic acids is 1. The van der Waals surface area contributed by atoms with Gasteiger partial charge < -0.3 is 4.90 Å². The normalized spacial score (nSPS) is 20.4. The molecule has 2 heteroatoms. The third kappa shape index (κ3) is 2.26. The van der Waals surface area contributed by atoms with Crippen LogP contribution in [-0.4, -0.2) is 23.9 Å². The topological polar surface area (TPSA) is 20.3 Å². The minimum absolute atomic E-state index is 0.184. The molecule has 0 saturated carbocycles. The van der Waals surface area contributed by atoms with Crippen LogP contribution in [-0.2, 0) is 0 Å². The van der Waals surface area contributed by atoms with Crippen molar-refractivity contribution < 1.29 is 4.79 Å². The van der Waals surface area contributed by atoms with Crippen molar-refractivity contribution in [3.8, 4) is 0 Å². The molecule has 1 fully saturated rings. The molecule has 1 aromatic carbocycles. The highest BCUT2D eigenvalue weighted by Gasteiger charge is 2.28. The van der Waals surface area contributed by atoms with Gasteiger partial charge in [0.15, 0.2) is 0 Å². The molecule has 1 saturated heterocycles. The highest BCUT2D eigenvalue weighted by atomic mass is 16.2. The summed E-state index contributed by atoms with van der Waals surface area (Å²) >= 11 is 0. The smallest absolute Gasteiger partial charge is 0.253 e. The predicted octanol–water partition coefficient (Wildman–Crippen LogP) is 2.80. The predicted molar refractivity (Wildman–Crippen MR) is 65.3 cm³/mol. The summed E-state index contributed by atoms with van der Waals surface area (Å²) in [6.45, 7) is 6.31. The van der Waals surface area contributed by atoms with Crippen LogP contribution in [0.3, 0.4) is 0 Å². The van der Waals surface area contributed by atoms with Gasteiger partial charge in [0.05, 0.1) is 0 Å². The Morgan fingerprint density at radius 3 is 2.56 bits per heavy atom. The van der Waals surface area contributed by atoms with Crippen molar-refractivity contribution in [1.29, 1.82) is 0 Å². The Hall–Kier alpha value is -1.31. The molecule has 1 amide bonds. The average molecular weight is 217 g/mol. The van der Waals surface area contributed by atoms with Gasteiger partial charge >= 0.3 is 0 Å². The second-order valence-electron chi connectivity index (χ2n) is 4.91. The van der Waals surface area contributed by atoms with E-state index in [1.807, 2.05) is 35.2 Å². The van der Waals surface area contributed by atoms with Crippen LogP contribution < -0.4 is 0 Å². The van der Waals surface area contributed by atoms with Crippen LogP contribution in [0, 0.1) is 11.8 Å². The fourth-order valence-electron chi connectivity index (χ4n) is 2.28. The Morgan fingerprint density at radius 1 is 1.31 bits per heavy atom. The Labute approximate surface area is 97.3 Å². The molecule has 86 valence electrons. The van der Waals surface area contributed by atoms with Gasteiger partial charge in [-0.2, -0.15) is 0 Å². The van der Waals surface area contributed by atoms with Gasteiger partial charge in [-0.3, -0.25) is 4.79 Å². The first-order chi connectivity index (χ1) is 7.68. The van der Waals surface area contributed by atoms with Crippen LogP contribution in [0.4, 0.5) is 0 Å². The average Bonchev–Trinajstić information content (AvgIpc) is 2.78. The summed E-state index contributed by atoms with van der Waals surface area (Å²) in [5.41, 5.74) is 0.812. The molecule has 1 aromatic rings. The zero-order valence-corrected chi connectivity index (χ0v) is 10.0. The summed E-state index contributed by atoms with van der Waals surface area (Å²) in [7, 11) is 0. The van der Waals surface area contributed by atoms with E-state index in [1.165, 1.54) is 0 Å². The molecule has 1 atom stereocenters. The largest absolute Gasteiger partial charge is 0.338 e. The Bertz CT molecular complexity index is 358. The number of hydrogen-bond donors (Lipinski definition) is 0. The Kier molecular flexibility index (Phi) is 3.28. The number of benzene rings is 1. The maximum absolute atomic E-state index is 12.1. The Morgan fingerprint density at radius 2 is 2.00 bits per heavy atom. The van der Waals surface area contributed by atoms with Crippen molar-refractivity contribution in [2.75, 3.05) is 13.1 Å². The molecular formula is C14H19NO. The van der Waals surface area contributed by atoms with Crippen molar-refractivity contribution in [3.05, 3.63) is 35.9 Å². The Balaban J connectivity index is 2.03. The highest BCUT2D eigenvalue weighted by molar-refractivity contribution is 5.94. The molecule has 0 aliphatic carbocycles. The molecule has 0 N–H and O–H groups in total. The standard InChI is InChI=1S/C14H19NO/c1-11(2)13-8-9-15(10-13)14(16)12-6-4-3-5-7-12/h3-7,11,13H,8-10H2,1-2H3/t13-/m0/s1. The van der Waals surface area contributed by atoms with Crippen LogP contribution in [0.5, 0.6) is 0 Å². The van der Waals surface area contributed by atoms with Gasteiger partial charge in [-0.05, 0) is 30.4 Å². The monoisotopic (exact) mass is 217 g/mol. The summed E-state index contributed by atoms with van der Waals surface area (Å²) < 4.78 is 0. The van der Waals surface area contributed by atoms with Crippen molar-refractivity contribution in [2.45, 2.75) is 20.3 Å². The second-order valence-corrected chi connectivity index (χ2v) is 4.91. The SMILES string of the molecule is CC(C)[C@H]1CCN(C(=O)c2ccccc2)C1. The number of likely N-dealkylation sites (tertiary alicyclic amines) is 1. The summed E-state index contributed by atoms with van der Waals surface area (Å²) in [6.07, 6.45) is 1.15. The van der Waals surface area contributed by atoms with Crippen molar-refractivity contribution in [3.63, 3.8) is 0 Å². The van der Waals surface area contributed by atoms with Crippen LogP contribution in [0.25, 0.3) is 0 Å². The lowest BCUT2D eigenvalue weighted by atomic mass is 9.95. The molecule has 1 aliphatic heterocycles. The molecule has 0 radical (unpaired) electrons. The minimum Gasteiger partial charge on any atom is -0.338 e. The number of rotatable bonds is 2. The zero-order chi connectivity index (χ0) is 11.5. The van der Waals surface area contributed by atoms with E-state index >= 15 is 0 Å². The quantitative estimate of drug-likeness (QED) is 0.746. The number of carbonyl (C=O) groups is 1. The lowest BCUT2D eigenvalue weighted by molar-refractivity contribution is 0.0784. The fraction of sp³-hybridized carbons (Fsp3) is 0.500. The molecule has 2 nitrogen and oxygen atoms in total. The molecule has 1 heterocycles. The lowest BCUT2D eigenvalue weighted by Crippen LogP contribution is -2.29. The summed E-state index contributed by atoms with van der Waals surface area (Å²) in [5.74, 6) is 1.53. The third-order valence-corrected chi connectivity index (χ3v) is 3.48. The molecule has 2 rings (SSSR count). The minimum atomic E-state index is 0.184. The van der Waals surface area contributed by atoms with Crippen LogP contribution in [0.1, 0.15) is 30.6 Å². The van der Waals surface area contributed by atoms with Gasteiger partial charge in [0.25, 0.3) is 5.91 Å². The molecule has 0 unspecified atom stereocenters. The van der Waals surface area contributed by atoms with E-state index in [4.69, 9.17) is 0 Å². The maximum atomic E-state index is 12.1. The third-order valence-electron chi connectivity index (χ3n) is 3.48. The zero-order valence-electron chi connectivity index (χ0n) is 10.0. The van der Waals surface area contributed by atoms with E-state index in [0.717, 1.165) is 25.1 Å². The first-order valence-electron chi connectivity index (χ1n) is 6.03. The summed E-state index contributed by atoms with van der Waals surface area (Å²) in [4.78, 5) is 14.1.